The Morgan fingerprint density at radius 3 is 2.78 bits per heavy atom. The molecule has 2 aromatic carbocycles. The largest absolute Gasteiger partial charge is 0.324 e. The fourth-order valence-electron chi connectivity index (χ4n) is 3.56. The number of anilines is 3. The molecule has 4 nitrogen and oxygen atoms in total. The molecule has 116 valence electrons. The Bertz CT molecular complexity index is 826. The molecule has 1 aliphatic carbocycles. The Morgan fingerprint density at radius 2 is 1.96 bits per heavy atom. The van der Waals surface area contributed by atoms with Crippen molar-refractivity contribution in [1.82, 2.24) is 0 Å². The van der Waals surface area contributed by atoms with Gasteiger partial charge in [-0.15, -0.1) is 0 Å². The van der Waals surface area contributed by atoms with Crippen LogP contribution in [0.25, 0.3) is 0 Å². The number of hydrogen-bond acceptors (Lipinski definition) is 2. The molecule has 2 amide bonds. The van der Waals surface area contributed by atoms with Crippen molar-refractivity contribution in [3.63, 3.8) is 0 Å². The number of fused-ring (bicyclic) bond motifs is 3. The minimum absolute atomic E-state index is 0.128. The van der Waals surface area contributed by atoms with Crippen LogP contribution in [0.4, 0.5) is 17.1 Å². The lowest BCUT2D eigenvalue weighted by molar-refractivity contribution is -0.124. The van der Waals surface area contributed by atoms with Crippen LogP contribution < -0.4 is 10.2 Å². The zero-order chi connectivity index (χ0) is 16.0. The molecular weight excluding hydrogens is 288 g/mol. The lowest BCUT2D eigenvalue weighted by atomic mass is 10.1. The number of benzene rings is 2. The highest BCUT2D eigenvalue weighted by atomic mass is 16.2. The Hall–Kier alpha value is -2.62. The van der Waals surface area contributed by atoms with E-state index in [-0.39, 0.29) is 18.2 Å². The quantitative estimate of drug-likeness (QED) is 0.820. The van der Waals surface area contributed by atoms with Gasteiger partial charge in [-0.1, -0.05) is 18.2 Å². The van der Waals surface area contributed by atoms with Gasteiger partial charge < -0.3 is 5.32 Å². The number of hydrogen-bond donors (Lipinski definition) is 1. The number of nitrogens with one attached hydrogen (secondary N) is 1. The average molecular weight is 306 g/mol. The first-order chi connectivity index (χ1) is 11.1. The molecule has 0 bridgehead atoms. The van der Waals surface area contributed by atoms with E-state index in [1.54, 1.807) is 4.90 Å². The number of rotatable bonds is 1. The third-order valence-corrected chi connectivity index (χ3v) is 4.59. The highest BCUT2D eigenvalue weighted by Gasteiger charge is 2.30. The summed E-state index contributed by atoms with van der Waals surface area (Å²) < 4.78 is 0. The van der Waals surface area contributed by atoms with E-state index in [1.165, 1.54) is 11.1 Å². The number of carbonyl (C=O) groups is 2. The number of aryl methyl sites for hydroxylation is 2. The summed E-state index contributed by atoms with van der Waals surface area (Å²) in [6.45, 7) is 2.00. The van der Waals surface area contributed by atoms with Crippen molar-refractivity contribution in [1.29, 1.82) is 0 Å². The number of nitrogens with zero attached hydrogens (tertiary/aromatic N) is 1. The van der Waals surface area contributed by atoms with Crippen molar-refractivity contribution in [2.45, 2.75) is 32.6 Å². The highest BCUT2D eigenvalue weighted by molar-refractivity contribution is 6.17. The second kappa shape index (κ2) is 5.23. The molecule has 2 aromatic rings. The summed E-state index contributed by atoms with van der Waals surface area (Å²) in [6.07, 6.45) is 2.96. The third-order valence-electron chi connectivity index (χ3n) is 4.59. The Kier molecular flexibility index (Phi) is 3.18. The van der Waals surface area contributed by atoms with Gasteiger partial charge in [0.15, 0.2) is 0 Å². The van der Waals surface area contributed by atoms with Gasteiger partial charge in [0.1, 0.15) is 6.42 Å². The molecule has 1 heterocycles. The van der Waals surface area contributed by atoms with Gasteiger partial charge in [0.25, 0.3) is 0 Å². The molecular formula is C19H18N2O2. The number of amides is 2. The van der Waals surface area contributed by atoms with Crippen molar-refractivity contribution < 1.29 is 9.59 Å². The molecule has 0 atom stereocenters. The zero-order valence-corrected chi connectivity index (χ0v) is 13.1. The summed E-state index contributed by atoms with van der Waals surface area (Å²) in [6, 6.07) is 11.9. The van der Waals surface area contributed by atoms with Crippen molar-refractivity contribution in [2.75, 3.05) is 10.2 Å². The van der Waals surface area contributed by atoms with E-state index in [1.807, 2.05) is 37.3 Å². The molecule has 23 heavy (non-hydrogen) atoms. The van der Waals surface area contributed by atoms with Crippen molar-refractivity contribution in [3.8, 4) is 0 Å². The Balaban J connectivity index is 1.93. The summed E-state index contributed by atoms with van der Waals surface area (Å²) in [4.78, 5) is 26.5. The van der Waals surface area contributed by atoms with Crippen LogP contribution in [0.15, 0.2) is 36.4 Å². The first-order valence-electron chi connectivity index (χ1n) is 7.98. The monoisotopic (exact) mass is 306 g/mol. The topological polar surface area (TPSA) is 49.4 Å². The van der Waals surface area contributed by atoms with E-state index in [0.717, 1.165) is 41.9 Å². The first-order valence-corrected chi connectivity index (χ1v) is 7.98. The van der Waals surface area contributed by atoms with Crippen LogP contribution in [0, 0.1) is 6.92 Å². The third kappa shape index (κ3) is 2.31. The molecule has 0 radical (unpaired) electrons. The van der Waals surface area contributed by atoms with Crippen LogP contribution in [0.2, 0.25) is 0 Å². The fraction of sp³-hybridized carbons (Fsp3) is 0.263. The Morgan fingerprint density at radius 1 is 1.09 bits per heavy atom. The number of carbonyl (C=O) groups excluding carboxylic acids is 2. The van der Waals surface area contributed by atoms with Crippen molar-refractivity contribution in [2.24, 2.45) is 0 Å². The van der Waals surface area contributed by atoms with Gasteiger partial charge in [-0.2, -0.15) is 0 Å². The minimum Gasteiger partial charge on any atom is -0.324 e. The molecule has 4 heteroatoms. The van der Waals surface area contributed by atoms with Crippen molar-refractivity contribution >= 4 is 28.9 Å². The molecule has 0 saturated carbocycles. The van der Waals surface area contributed by atoms with Gasteiger partial charge in [-0.3, -0.25) is 14.5 Å². The van der Waals surface area contributed by atoms with Gasteiger partial charge in [0.2, 0.25) is 11.8 Å². The summed E-state index contributed by atoms with van der Waals surface area (Å²) in [5.41, 5.74) is 5.96. The van der Waals surface area contributed by atoms with Crippen LogP contribution in [0.1, 0.15) is 29.5 Å². The van der Waals surface area contributed by atoms with E-state index in [2.05, 4.69) is 11.4 Å². The summed E-state index contributed by atoms with van der Waals surface area (Å²) in [5, 5.41) is 2.97. The van der Waals surface area contributed by atoms with E-state index < -0.39 is 0 Å². The molecule has 1 aliphatic heterocycles. The predicted octanol–water partition coefficient (Wildman–Crippen LogP) is 3.49. The SMILES string of the molecule is Cc1cccc(N2C(=O)CC(=O)Nc3c2ccc2c3CCC2)c1. The molecule has 4 rings (SSSR count). The van der Waals surface area contributed by atoms with Gasteiger partial charge in [0.05, 0.1) is 11.4 Å². The van der Waals surface area contributed by atoms with E-state index in [9.17, 15) is 9.59 Å². The molecule has 0 unspecified atom stereocenters. The van der Waals surface area contributed by atoms with E-state index >= 15 is 0 Å². The van der Waals surface area contributed by atoms with Crippen LogP contribution in [-0.4, -0.2) is 11.8 Å². The first kappa shape index (κ1) is 14.0. The van der Waals surface area contributed by atoms with Crippen molar-refractivity contribution in [3.05, 3.63) is 53.1 Å². The highest BCUT2D eigenvalue weighted by Crippen LogP contribution is 2.41. The fourth-order valence-corrected chi connectivity index (χ4v) is 3.56. The van der Waals surface area contributed by atoms with Crippen LogP contribution in [-0.2, 0) is 22.4 Å². The average Bonchev–Trinajstić information content (AvgIpc) is 2.93. The van der Waals surface area contributed by atoms with Gasteiger partial charge in [-0.05, 0) is 61.1 Å². The predicted molar refractivity (Wildman–Crippen MR) is 90.0 cm³/mol. The summed E-state index contributed by atoms with van der Waals surface area (Å²) in [7, 11) is 0. The Labute approximate surface area is 135 Å². The standard InChI is InChI=1S/C19H18N2O2/c1-12-4-2-6-14(10-12)21-16-9-8-13-5-3-7-15(13)19(16)20-17(22)11-18(21)23/h2,4,6,8-10H,3,5,7,11H2,1H3,(H,20,22). The summed E-state index contributed by atoms with van der Waals surface area (Å²) in [5.74, 6) is -0.420. The molecule has 0 saturated heterocycles. The second-order valence-electron chi connectivity index (χ2n) is 6.24. The molecule has 1 N–H and O–H groups in total. The molecule has 0 spiro atoms. The molecule has 0 aromatic heterocycles. The van der Waals surface area contributed by atoms with Gasteiger partial charge in [-0.25, -0.2) is 0 Å². The van der Waals surface area contributed by atoms with Gasteiger partial charge in [0, 0.05) is 5.69 Å². The maximum Gasteiger partial charge on any atom is 0.241 e. The maximum atomic E-state index is 12.7. The molecule has 2 aliphatic rings. The van der Waals surface area contributed by atoms with Crippen LogP contribution >= 0.6 is 0 Å². The normalized spacial score (nSPS) is 16.7. The van der Waals surface area contributed by atoms with E-state index in [4.69, 9.17) is 0 Å². The smallest absolute Gasteiger partial charge is 0.241 e. The minimum atomic E-state index is -0.230. The lowest BCUT2D eigenvalue weighted by Crippen LogP contribution is -2.26. The van der Waals surface area contributed by atoms with E-state index in [0.29, 0.717) is 0 Å². The zero-order valence-electron chi connectivity index (χ0n) is 13.1. The van der Waals surface area contributed by atoms with Crippen LogP contribution in [0.3, 0.4) is 0 Å². The maximum absolute atomic E-state index is 12.7. The van der Waals surface area contributed by atoms with Gasteiger partial charge >= 0.3 is 0 Å². The lowest BCUT2D eigenvalue weighted by Gasteiger charge is -2.24. The second-order valence-corrected chi connectivity index (χ2v) is 6.24. The molecule has 0 fully saturated rings. The van der Waals surface area contributed by atoms with Crippen LogP contribution in [0.5, 0.6) is 0 Å². The summed E-state index contributed by atoms with van der Waals surface area (Å²) >= 11 is 0.